The third kappa shape index (κ3) is 5.52. The van der Waals surface area contributed by atoms with Crippen LogP contribution in [0.25, 0.3) is 5.69 Å². The van der Waals surface area contributed by atoms with Gasteiger partial charge < -0.3 is 10.1 Å². The molecule has 4 aromatic rings. The molecule has 1 aromatic heterocycles. The first-order valence-corrected chi connectivity index (χ1v) is 13.1. The maximum Gasteiger partial charge on any atom is 0.338 e. The van der Waals surface area contributed by atoms with E-state index in [1.165, 1.54) is 35.9 Å². The van der Waals surface area contributed by atoms with Crippen molar-refractivity contribution < 1.29 is 22.7 Å². The summed E-state index contributed by atoms with van der Waals surface area (Å²) in [5.74, 6) is -1.50. The first kappa shape index (κ1) is 26.4. The van der Waals surface area contributed by atoms with Crippen LogP contribution in [0.5, 0.6) is 0 Å². The number of ether oxygens (including phenoxy) is 1. The summed E-state index contributed by atoms with van der Waals surface area (Å²) in [6, 6.07) is 22.5. The molecular formula is C27H26N4O6S. The predicted molar refractivity (Wildman–Crippen MR) is 143 cm³/mol. The lowest BCUT2D eigenvalue weighted by atomic mass is 10.2. The van der Waals surface area contributed by atoms with Gasteiger partial charge in [-0.2, -0.15) is 0 Å². The molecule has 3 aromatic carbocycles. The van der Waals surface area contributed by atoms with Crippen molar-refractivity contribution in [1.29, 1.82) is 0 Å². The number of nitrogens with one attached hydrogen (secondary N) is 2. The summed E-state index contributed by atoms with van der Waals surface area (Å²) in [7, 11) is -2.16. The fraction of sp³-hybridized carbons (Fsp3) is 0.148. The average molecular weight is 535 g/mol. The molecule has 38 heavy (non-hydrogen) atoms. The number of esters is 1. The van der Waals surface area contributed by atoms with Crippen LogP contribution < -0.4 is 15.6 Å². The Bertz CT molecular complexity index is 1630. The van der Waals surface area contributed by atoms with E-state index in [9.17, 15) is 22.8 Å². The van der Waals surface area contributed by atoms with Crippen LogP contribution in [0.4, 0.5) is 11.4 Å². The molecule has 0 aliphatic rings. The van der Waals surface area contributed by atoms with E-state index < -0.39 is 33.6 Å². The molecule has 0 saturated heterocycles. The lowest BCUT2D eigenvalue weighted by Gasteiger charge is -2.13. The van der Waals surface area contributed by atoms with Crippen molar-refractivity contribution in [3.05, 3.63) is 107 Å². The zero-order valence-corrected chi connectivity index (χ0v) is 21.7. The summed E-state index contributed by atoms with van der Waals surface area (Å²) in [4.78, 5) is 38.3. The minimum atomic E-state index is -3.86. The van der Waals surface area contributed by atoms with E-state index in [0.717, 1.165) is 0 Å². The molecule has 0 saturated carbocycles. The molecule has 0 fully saturated rings. The van der Waals surface area contributed by atoms with Crippen LogP contribution in [0, 0.1) is 6.92 Å². The number of nitrogens with zero attached hydrogens (tertiary/aromatic N) is 2. The molecule has 0 unspecified atom stereocenters. The van der Waals surface area contributed by atoms with Gasteiger partial charge in [0.2, 0.25) is 0 Å². The van der Waals surface area contributed by atoms with Gasteiger partial charge in [-0.05, 0) is 62.4 Å². The number of rotatable bonds is 8. The first-order valence-electron chi connectivity index (χ1n) is 11.6. The summed E-state index contributed by atoms with van der Waals surface area (Å²) in [6.45, 7) is 3.07. The van der Waals surface area contributed by atoms with Crippen LogP contribution in [-0.2, 0) is 26.6 Å². The second-order valence-electron chi connectivity index (χ2n) is 8.47. The van der Waals surface area contributed by atoms with Gasteiger partial charge in [0.15, 0.2) is 6.10 Å². The van der Waals surface area contributed by atoms with Crippen LogP contribution in [-0.4, -0.2) is 35.8 Å². The standard InChI is InChI=1S/C27H26N4O6S/c1-18-24(26(33)31(30(18)3)22-12-8-5-9-13-22)28-25(32)19(2)37-27(34)20-14-16-23(17-15-20)38(35,36)29-21-10-6-4-7-11-21/h4-17,19,29H,1-3H3,(H,28,32)/t19-/m0/s1. The highest BCUT2D eigenvalue weighted by Crippen LogP contribution is 2.18. The monoisotopic (exact) mass is 534 g/mol. The lowest BCUT2D eigenvalue weighted by molar-refractivity contribution is -0.123. The number of sulfonamides is 1. The van der Waals surface area contributed by atoms with E-state index in [1.54, 1.807) is 73.3 Å². The molecule has 11 heteroatoms. The van der Waals surface area contributed by atoms with Gasteiger partial charge in [-0.1, -0.05) is 36.4 Å². The summed E-state index contributed by atoms with van der Waals surface area (Å²) in [6.07, 6.45) is -1.23. The topological polar surface area (TPSA) is 128 Å². The average Bonchev–Trinajstić information content (AvgIpc) is 3.12. The predicted octanol–water partition coefficient (Wildman–Crippen LogP) is 3.47. The Balaban J connectivity index is 1.43. The highest BCUT2D eigenvalue weighted by Gasteiger charge is 2.24. The van der Waals surface area contributed by atoms with Gasteiger partial charge >= 0.3 is 5.97 Å². The van der Waals surface area contributed by atoms with Crippen LogP contribution >= 0.6 is 0 Å². The molecule has 1 atom stereocenters. The van der Waals surface area contributed by atoms with E-state index in [4.69, 9.17) is 4.74 Å². The van der Waals surface area contributed by atoms with Crippen molar-refractivity contribution in [1.82, 2.24) is 9.36 Å². The zero-order valence-electron chi connectivity index (χ0n) is 20.9. The number of para-hydroxylation sites is 2. The Morgan fingerprint density at radius 1 is 0.895 bits per heavy atom. The fourth-order valence-electron chi connectivity index (χ4n) is 3.71. The van der Waals surface area contributed by atoms with E-state index in [0.29, 0.717) is 17.1 Å². The van der Waals surface area contributed by atoms with Gasteiger partial charge in [-0.3, -0.25) is 19.0 Å². The molecule has 196 valence electrons. The maximum atomic E-state index is 13.0. The van der Waals surface area contributed by atoms with Crippen molar-refractivity contribution in [2.24, 2.45) is 7.05 Å². The van der Waals surface area contributed by atoms with Crippen LogP contribution in [0.3, 0.4) is 0 Å². The molecule has 0 bridgehead atoms. The summed E-state index contributed by atoms with van der Waals surface area (Å²) < 4.78 is 35.9. The highest BCUT2D eigenvalue weighted by atomic mass is 32.2. The lowest BCUT2D eigenvalue weighted by Crippen LogP contribution is -2.32. The minimum Gasteiger partial charge on any atom is -0.449 e. The molecular weight excluding hydrogens is 508 g/mol. The number of hydrogen-bond acceptors (Lipinski definition) is 6. The number of benzene rings is 3. The summed E-state index contributed by atoms with van der Waals surface area (Å²) in [5, 5.41) is 2.56. The fourth-order valence-corrected chi connectivity index (χ4v) is 4.77. The summed E-state index contributed by atoms with van der Waals surface area (Å²) >= 11 is 0. The molecule has 0 spiro atoms. The molecule has 0 aliphatic heterocycles. The van der Waals surface area contributed by atoms with Crippen LogP contribution in [0.2, 0.25) is 0 Å². The number of anilines is 2. The third-order valence-electron chi connectivity index (χ3n) is 5.88. The molecule has 10 nitrogen and oxygen atoms in total. The molecule has 0 radical (unpaired) electrons. The Hall–Kier alpha value is -4.64. The Morgan fingerprint density at radius 3 is 2.08 bits per heavy atom. The van der Waals surface area contributed by atoms with E-state index >= 15 is 0 Å². The zero-order chi connectivity index (χ0) is 27.4. The molecule has 4 rings (SSSR count). The second kappa shape index (κ2) is 10.8. The Morgan fingerprint density at radius 2 is 1.47 bits per heavy atom. The number of carbonyl (C=O) groups is 2. The van der Waals surface area contributed by atoms with Crippen LogP contribution in [0.1, 0.15) is 23.0 Å². The van der Waals surface area contributed by atoms with Gasteiger partial charge in [0.25, 0.3) is 21.5 Å². The van der Waals surface area contributed by atoms with Crippen molar-refractivity contribution >= 4 is 33.3 Å². The number of carbonyl (C=O) groups excluding carboxylic acids is 2. The molecule has 1 amide bonds. The van der Waals surface area contributed by atoms with Gasteiger partial charge in [-0.25, -0.2) is 17.9 Å². The van der Waals surface area contributed by atoms with Crippen molar-refractivity contribution in [3.8, 4) is 5.69 Å². The van der Waals surface area contributed by atoms with Crippen molar-refractivity contribution in [2.45, 2.75) is 24.8 Å². The van der Waals surface area contributed by atoms with Gasteiger partial charge in [0, 0.05) is 12.7 Å². The maximum absolute atomic E-state index is 13.0. The van der Waals surface area contributed by atoms with Crippen molar-refractivity contribution in [3.63, 3.8) is 0 Å². The third-order valence-corrected chi connectivity index (χ3v) is 7.28. The van der Waals surface area contributed by atoms with Gasteiger partial charge in [0.05, 0.1) is 21.8 Å². The van der Waals surface area contributed by atoms with Gasteiger partial charge in [0.1, 0.15) is 5.69 Å². The second-order valence-corrected chi connectivity index (χ2v) is 10.2. The Labute approximate surface area is 219 Å². The molecule has 2 N–H and O–H groups in total. The minimum absolute atomic E-state index is 0.0436. The van der Waals surface area contributed by atoms with Crippen molar-refractivity contribution in [2.75, 3.05) is 10.0 Å². The number of aromatic nitrogens is 2. The smallest absolute Gasteiger partial charge is 0.338 e. The Kier molecular flexibility index (Phi) is 7.49. The SMILES string of the molecule is Cc1c(NC(=O)[C@H](C)OC(=O)c2ccc(S(=O)(=O)Nc3ccccc3)cc2)c(=O)n(-c2ccccc2)n1C. The molecule has 0 aliphatic carbocycles. The van der Waals surface area contributed by atoms with Crippen LogP contribution in [0.15, 0.2) is 94.6 Å². The first-order chi connectivity index (χ1) is 18.1. The number of hydrogen-bond donors (Lipinski definition) is 2. The van der Waals surface area contributed by atoms with E-state index in [-0.39, 0.29) is 16.1 Å². The summed E-state index contributed by atoms with van der Waals surface area (Å²) in [5.41, 5.74) is 1.26. The quantitative estimate of drug-likeness (QED) is 0.333. The van der Waals surface area contributed by atoms with Gasteiger partial charge in [-0.15, -0.1) is 0 Å². The normalized spacial score (nSPS) is 12.0. The largest absolute Gasteiger partial charge is 0.449 e. The highest BCUT2D eigenvalue weighted by molar-refractivity contribution is 7.92. The van der Waals surface area contributed by atoms with E-state index in [1.807, 2.05) is 6.07 Å². The number of amides is 1. The van der Waals surface area contributed by atoms with E-state index in [2.05, 4.69) is 10.0 Å². The molecule has 1 heterocycles.